The highest BCUT2D eigenvalue weighted by Crippen LogP contribution is 2.41. The minimum atomic E-state index is 0.751. The Hall–Kier alpha value is -2.29. The minimum Gasteiger partial charge on any atom is -0.252 e. The molecule has 0 amide bonds. The van der Waals surface area contributed by atoms with Crippen molar-refractivity contribution in [2.45, 2.75) is 16.7 Å². The van der Waals surface area contributed by atoms with Gasteiger partial charge in [-0.3, -0.25) is 4.98 Å². The van der Waals surface area contributed by atoms with Crippen LogP contribution in [0.2, 0.25) is 5.02 Å². The van der Waals surface area contributed by atoms with E-state index in [0.29, 0.717) is 0 Å². The van der Waals surface area contributed by atoms with Gasteiger partial charge in [0.15, 0.2) is 0 Å². The molecule has 25 heavy (non-hydrogen) atoms. The van der Waals surface area contributed by atoms with Crippen LogP contribution in [0.5, 0.6) is 0 Å². The Morgan fingerprint density at radius 1 is 0.800 bits per heavy atom. The molecule has 4 rings (SSSR count). The number of para-hydroxylation sites is 1. The lowest BCUT2D eigenvalue weighted by Gasteiger charge is -2.15. The molecule has 1 aromatic heterocycles. The third-order valence-electron chi connectivity index (χ3n) is 4.11. The molecule has 0 aliphatic heterocycles. The van der Waals surface area contributed by atoms with E-state index in [1.807, 2.05) is 24.3 Å². The number of aromatic nitrogens is 1. The quantitative estimate of drug-likeness (QED) is 0.389. The molecule has 0 atom stereocenters. The molecule has 0 unspecified atom stereocenters. The van der Waals surface area contributed by atoms with Crippen LogP contribution in [0.15, 0.2) is 88.7 Å². The van der Waals surface area contributed by atoms with E-state index in [9.17, 15) is 0 Å². The Balaban J connectivity index is 1.96. The van der Waals surface area contributed by atoms with Crippen molar-refractivity contribution in [1.29, 1.82) is 0 Å². The number of aryl methyl sites for hydroxylation is 1. The van der Waals surface area contributed by atoms with Crippen LogP contribution in [0.4, 0.5) is 0 Å². The molecule has 0 saturated heterocycles. The molecule has 1 heterocycles. The van der Waals surface area contributed by atoms with Gasteiger partial charge >= 0.3 is 0 Å². The summed E-state index contributed by atoms with van der Waals surface area (Å²) >= 11 is 7.77. The Morgan fingerprint density at radius 3 is 2.24 bits per heavy atom. The number of fused-ring (bicyclic) bond motifs is 1. The van der Waals surface area contributed by atoms with Gasteiger partial charge in [0.2, 0.25) is 0 Å². The molecule has 0 aliphatic rings. The van der Waals surface area contributed by atoms with Crippen molar-refractivity contribution in [2.75, 3.05) is 0 Å². The van der Waals surface area contributed by atoms with Gasteiger partial charge in [0.25, 0.3) is 0 Å². The maximum atomic E-state index is 6.03. The van der Waals surface area contributed by atoms with Crippen LogP contribution in [0, 0.1) is 6.92 Å². The van der Waals surface area contributed by atoms with Gasteiger partial charge in [-0.2, -0.15) is 0 Å². The summed E-state index contributed by atoms with van der Waals surface area (Å²) in [6.45, 7) is 2.08. The summed E-state index contributed by atoms with van der Waals surface area (Å²) in [6.07, 6.45) is 0. The fourth-order valence-electron chi connectivity index (χ4n) is 2.95. The summed E-state index contributed by atoms with van der Waals surface area (Å²) in [5, 5.41) is 1.93. The Labute approximate surface area is 156 Å². The maximum absolute atomic E-state index is 6.03. The van der Waals surface area contributed by atoms with Crippen LogP contribution in [0.1, 0.15) is 5.69 Å². The first-order valence-corrected chi connectivity index (χ1v) is 9.30. The minimum absolute atomic E-state index is 0.751. The zero-order chi connectivity index (χ0) is 17.2. The van der Waals surface area contributed by atoms with Crippen molar-refractivity contribution in [3.8, 4) is 11.1 Å². The number of hydrogen-bond donors (Lipinski definition) is 0. The molecule has 0 N–H and O–H groups in total. The molecule has 3 heteroatoms. The molecule has 0 fully saturated rings. The zero-order valence-electron chi connectivity index (χ0n) is 13.7. The lowest BCUT2D eigenvalue weighted by atomic mass is 10.00. The predicted octanol–water partition coefficient (Wildman–Crippen LogP) is 7.01. The fourth-order valence-corrected chi connectivity index (χ4v) is 4.11. The first-order valence-electron chi connectivity index (χ1n) is 8.10. The second kappa shape index (κ2) is 6.91. The summed E-state index contributed by atoms with van der Waals surface area (Å²) in [6, 6.07) is 26.8. The summed E-state index contributed by atoms with van der Waals surface area (Å²) in [7, 11) is 0. The summed E-state index contributed by atoms with van der Waals surface area (Å²) in [5.41, 5.74) is 4.51. The lowest BCUT2D eigenvalue weighted by molar-refractivity contribution is 1.16. The van der Waals surface area contributed by atoms with Crippen molar-refractivity contribution < 1.29 is 0 Å². The Morgan fingerprint density at radius 2 is 1.48 bits per heavy atom. The molecule has 0 radical (unpaired) electrons. The lowest BCUT2D eigenvalue weighted by Crippen LogP contribution is -1.94. The summed E-state index contributed by atoms with van der Waals surface area (Å²) < 4.78 is 0. The highest BCUT2D eigenvalue weighted by molar-refractivity contribution is 7.99. The second-order valence-electron chi connectivity index (χ2n) is 5.84. The Kier molecular flexibility index (Phi) is 4.48. The predicted molar refractivity (Wildman–Crippen MR) is 107 cm³/mol. The maximum Gasteiger partial charge on any atom is 0.0712 e. The third-order valence-corrected chi connectivity index (χ3v) is 5.58. The van der Waals surface area contributed by atoms with Crippen LogP contribution in [-0.4, -0.2) is 4.98 Å². The molecule has 0 aliphatic carbocycles. The SMILES string of the molecule is Cc1nc2ccccc2c(-c2ccccc2)c1Sc1ccc(Cl)cc1. The standard InChI is InChI=1S/C22H16ClNS/c1-15-22(25-18-13-11-17(23)12-14-18)21(16-7-3-2-4-8-16)19-9-5-6-10-20(19)24-15/h2-14H,1H3. The van der Waals surface area contributed by atoms with Crippen LogP contribution in [0.25, 0.3) is 22.0 Å². The van der Waals surface area contributed by atoms with Gasteiger partial charge in [0, 0.05) is 25.8 Å². The van der Waals surface area contributed by atoms with Crippen molar-refractivity contribution >= 4 is 34.3 Å². The fraction of sp³-hybridized carbons (Fsp3) is 0.0455. The van der Waals surface area contributed by atoms with E-state index in [0.717, 1.165) is 21.1 Å². The summed E-state index contributed by atoms with van der Waals surface area (Å²) in [5.74, 6) is 0. The molecule has 0 saturated carbocycles. The van der Waals surface area contributed by atoms with Crippen molar-refractivity contribution in [3.63, 3.8) is 0 Å². The van der Waals surface area contributed by atoms with Crippen LogP contribution < -0.4 is 0 Å². The van der Waals surface area contributed by atoms with Crippen LogP contribution in [-0.2, 0) is 0 Å². The topological polar surface area (TPSA) is 12.9 Å². The summed E-state index contributed by atoms with van der Waals surface area (Å²) in [4.78, 5) is 7.17. The van der Waals surface area contributed by atoms with Crippen molar-refractivity contribution in [1.82, 2.24) is 4.98 Å². The molecule has 0 spiro atoms. The average Bonchev–Trinajstić information content (AvgIpc) is 2.65. The van der Waals surface area contributed by atoms with Gasteiger partial charge in [-0.05, 0) is 42.8 Å². The highest BCUT2D eigenvalue weighted by Gasteiger charge is 2.15. The molecule has 3 aromatic carbocycles. The van der Waals surface area contributed by atoms with Crippen LogP contribution in [0.3, 0.4) is 0 Å². The van der Waals surface area contributed by atoms with Crippen molar-refractivity contribution in [2.24, 2.45) is 0 Å². The zero-order valence-corrected chi connectivity index (χ0v) is 15.3. The number of halogens is 1. The molecule has 0 bridgehead atoms. The second-order valence-corrected chi connectivity index (χ2v) is 7.36. The monoisotopic (exact) mass is 361 g/mol. The average molecular weight is 362 g/mol. The van der Waals surface area contributed by atoms with Gasteiger partial charge in [0.05, 0.1) is 11.2 Å². The van der Waals surface area contributed by atoms with E-state index >= 15 is 0 Å². The number of hydrogen-bond acceptors (Lipinski definition) is 2. The largest absolute Gasteiger partial charge is 0.252 e. The van der Waals surface area contributed by atoms with E-state index in [-0.39, 0.29) is 0 Å². The van der Waals surface area contributed by atoms with Gasteiger partial charge in [-0.1, -0.05) is 71.9 Å². The number of nitrogens with zero attached hydrogens (tertiary/aromatic N) is 1. The van der Waals surface area contributed by atoms with Gasteiger partial charge < -0.3 is 0 Å². The third kappa shape index (κ3) is 3.28. The smallest absolute Gasteiger partial charge is 0.0712 e. The molecule has 1 nitrogen and oxygen atoms in total. The molecular weight excluding hydrogens is 346 g/mol. The molecule has 4 aromatic rings. The van der Waals surface area contributed by atoms with Gasteiger partial charge in [0.1, 0.15) is 0 Å². The molecule has 122 valence electrons. The highest BCUT2D eigenvalue weighted by atomic mass is 35.5. The van der Waals surface area contributed by atoms with Gasteiger partial charge in [-0.15, -0.1) is 0 Å². The van der Waals surface area contributed by atoms with Crippen molar-refractivity contribution in [3.05, 3.63) is 89.6 Å². The van der Waals surface area contributed by atoms with E-state index in [1.165, 1.54) is 21.4 Å². The van der Waals surface area contributed by atoms with E-state index < -0.39 is 0 Å². The number of benzene rings is 3. The Bertz CT molecular complexity index is 1030. The number of rotatable bonds is 3. The molecular formula is C22H16ClNS. The van der Waals surface area contributed by atoms with E-state index in [4.69, 9.17) is 16.6 Å². The normalized spacial score (nSPS) is 11.0. The first kappa shape index (κ1) is 16.2. The van der Waals surface area contributed by atoms with Gasteiger partial charge in [-0.25, -0.2) is 0 Å². The van der Waals surface area contributed by atoms with Crippen LogP contribution >= 0.6 is 23.4 Å². The van der Waals surface area contributed by atoms with E-state index in [1.54, 1.807) is 11.8 Å². The van der Waals surface area contributed by atoms with E-state index in [2.05, 4.69) is 61.5 Å². The number of pyridine rings is 1. The first-order chi connectivity index (χ1) is 12.2.